The molecule has 4 nitrogen and oxygen atoms in total. The molecule has 2 N–H and O–H groups in total. The number of aliphatic hydroxyl groups excluding tert-OH is 1. The number of hydrogen-bond acceptors (Lipinski definition) is 4. The zero-order valence-electron chi connectivity index (χ0n) is 10.8. The number of thiophene rings is 1. The van der Waals surface area contributed by atoms with E-state index in [0.717, 1.165) is 12.1 Å². The minimum atomic E-state index is -4.15. The van der Waals surface area contributed by atoms with Crippen LogP contribution < -0.4 is 4.72 Å². The minimum Gasteiger partial charge on any atom is -0.388 e. The van der Waals surface area contributed by atoms with E-state index in [2.05, 4.69) is 4.72 Å². The van der Waals surface area contributed by atoms with E-state index in [1.54, 1.807) is 17.5 Å². The van der Waals surface area contributed by atoms with Crippen molar-refractivity contribution in [3.05, 3.63) is 52.2 Å². The maximum Gasteiger partial charge on any atom is 0.243 e. The first-order chi connectivity index (χ1) is 9.90. The third-order valence-electron chi connectivity index (χ3n) is 2.76. The molecule has 1 aromatic carbocycles. The van der Waals surface area contributed by atoms with Crippen molar-refractivity contribution < 1.29 is 22.3 Å². The van der Waals surface area contributed by atoms with Gasteiger partial charge in [-0.05, 0) is 36.1 Å². The zero-order chi connectivity index (χ0) is 15.5. The molecule has 1 atom stereocenters. The van der Waals surface area contributed by atoms with Gasteiger partial charge >= 0.3 is 0 Å². The van der Waals surface area contributed by atoms with Gasteiger partial charge in [0.2, 0.25) is 10.0 Å². The van der Waals surface area contributed by atoms with E-state index in [9.17, 15) is 22.3 Å². The third-order valence-corrected chi connectivity index (χ3v) is 5.21. The van der Waals surface area contributed by atoms with Crippen LogP contribution in [-0.4, -0.2) is 20.1 Å². The number of halogens is 2. The van der Waals surface area contributed by atoms with E-state index >= 15 is 0 Å². The second-order valence-corrected chi connectivity index (χ2v) is 7.01. The van der Waals surface area contributed by atoms with Gasteiger partial charge in [-0.2, -0.15) is 0 Å². The first kappa shape index (κ1) is 16.0. The van der Waals surface area contributed by atoms with Crippen molar-refractivity contribution in [2.24, 2.45) is 0 Å². The van der Waals surface area contributed by atoms with Gasteiger partial charge < -0.3 is 5.11 Å². The number of nitrogens with one attached hydrogen (secondary N) is 1. The molecule has 0 aliphatic heterocycles. The molecule has 2 aromatic rings. The summed E-state index contributed by atoms with van der Waals surface area (Å²) in [5.41, 5.74) is 0. The van der Waals surface area contributed by atoms with Gasteiger partial charge in [-0.1, -0.05) is 6.07 Å². The molecule has 0 radical (unpaired) electrons. The summed E-state index contributed by atoms with van der Waals surface area (Å²) in [6.07, 6.45) is -0.665. The predicted molar refractivity (Wildman–Crippen MR) is 75.4 cm³/mol. The molecule has 8 heteroatoms. The standard InChI is InChI=1S/C13H13F2NO3S2/c14-9-3-4-10(15)13(8-9)21(18,19)16-6-5-11(17)12-2-1-7-20-12/h1-4,7-8,11,16-17H,5-6H2. The summed E-state index contributed by atoms with van der Waals surface area (Å²) in [4.78, 5) is -0.0285. The van der Waals surface area contributed by atoms with Gasteiger partial charge in [0.25, 0.3) is 0 Å². The molecule has 0 aliphatic carbocycles. The van der Waals surface area contributed by atoms with Crippen molar-refractivity contribution in [1.29, 1.82) is 0 Å². The summed E-state index contributed by atoms with van der Waals surface area (Å²) in [5, 5.41) is 11.6. The lowest BCUT2D eigenvalue weighted by Gasteiger charge is -2.10. The van der Waals surface area contributed by atoms with Crippen LogP contribution >= 0.6 is 11.3 Å². The van der Waals surface area contributed by atoms with Crippen LogP contribution in [0.1, 0.15) is 17.4 Å². The van der Waals surface area contributed by atoms with Crippen LogP contribution in [0.25, 0.3) is 0 Å². The minimum absolute atomic E-state index is 0.0860. The van der Waals surface area contributed by atoms with Crippen molar-refractivity contribution in [2.75, 3.05) is 6.54 Å². The highest BCUT2D eigenvalue weighted by molar-refractivity contribution is 7.89. The highest BCUT2D eigenvalue weighted by atomic mass is 32.2. The van der Waals surface area contributed by atoms with Gasteiger partial charge in [0.15, 0.2) is 0 Å². The molecule has 0 saturated carbocycles. The van der Waals surface area contributed by atoms with E-state index in [1.165, 1.54) is 11.3 Å². The van der Waals surface area contributed by atoms with Crippen LogP contribution in [0.2, 0.25) is 0 Å². The Bertz CT molecular complexity index is 702. The van der Waals surface area contributed by atoms with Crippen LogP contribution in [0.3, 0.4) is 0 Å². The van der Waals surface area contributed by atoms with Gasteiger partial charge in [-0.3, -0.25) is 0 Å². The van der Waals surface area contributed by atoms with Crippen molar-refractivity contribution in [2.45, 2.75) is 17.4 Å². The fourth-order valence-corrected chi connectivity index (χ4v) is 3.59. The first-order valence-electron chi connectivity index (χ1n) is 6.06. The molecule has 0 fully saturated rings. The van der Waals surface area contributed by atoms with Crippen LogP contribution in [0.4, 0.5) is 8.78 Å². The first-order valence-corrected chi connectivity index (χ1v) is 8.42. The highest BCUT2D eigenvalue weighted by Gasteiger charge is 2.20. The highest BCUT2D eigenvalue weighted by Crippen LogP contribution is 2.21. The Hall–Kier alpha value is -1.35. The summed E-state index contributed by atoms with van der Waals surface area (Å²) >= 11 is 1.35. The Morgan fingerprint density at radius 2 is 2.05 bits per heavy atom. The SMILES string of the molecule is O=S(=O)(NCCC(O)c1cccs1)c1cc(F)ccc1F. The second-order valence-electron chi connectivity index (χ2n) is 4.29. The smallest absolute Gasteiger partial charge is 0.243 e. The van der Waals surface area contributed by atoms with Crippen molar-refractivity contribution >= 4 is 21.4 Å². The molecule has 0 aliphatic rings. The second kappa shape index (κ2) is 6.61. The molecule has 2 rings (SSSR count). The molecule has 0 amide bonds. The summed E-state index contributed by atoms with van der Waals surface area (Å²) in [6.45, 7) is -0.0860. The molecule has 21 heavy (non-hydrogen) atoms. The van der Waals surface area contributed by atoms with Crippen molar-refractivity contribution in [1.82, 2.24) is 4.72 Å². The topological polar surface area (TPSA) is 66.4 Å². The third kappa shape index (κ3) is 4.07. The van der Waals surface area contributed by atoms with Gasteiger partial charge in [0.05, 0.1) is 6.10 Å². The predicted octanol–water partition coefficient (Wildman–Crippen LogP) is 2.43. The maximum atomic E-state index is 13.4. The average molecular weight is 333 g/mol. The van der Waals surface area contributed by atoms with E-state index in [1.807, 2.05) is 0 Å². The van der Waals surface area contributed by atoms with Gasteiger partial charge in [-0.25, -0.2) is 21.9 Å². The lowest BCUT2D eigenvalue weighted by Crippen LogP contribution is -2.26. The number of rotatable bonds is 6. The average Bonchev–Trinajstić information content (AvgIpc) is 2.95. The van der Waals surface area contributed by atoms with Gasteiger partial charge in [0.1, 0.15) is 16.5 Å². The molecule has 0 saturated heterocycles. The Balaban J connectivity index is 2.00. The molecule has 0 spiro atoms. The van der Waals surface area contributed by atoms with E-state index in [-0.39, 0.29) is 13.0 Å². The number of aliphatic hydroxyl groups is 1. The van der Waals surface area contributed by atoms with E-state index < -0.39 is 32.7 Å². The van der Waals surface area contributed by atoms with Crippen molar-refractivity contribution in [3.63, 3.8) is 0 Å². The van der Waals surface area contributed by atoms with E-state index in [0.29, 0.717) is 10.9 Å². The quantitative estimate of drug-likeness (QED) is 0.853. The van der Waals surface area contributed by atoms with Gasteiger partial charge in [0, 0.05) is 11.4 Å². The molecule has 1 aromatic heterocycles. The lowest BCUT2D eigenvalue weighted by molar-refractivity contribution is 0.173. The van der Waals surface area contributed by atoms with Gasteiger partial charge in [-0.15, -0.1) is 11.3 Å². The molecule has 1 heterocycles. The van der Waals surface area contributed by atoms with E-state index in [4.69, 9.17) is 0 Å². The summed E-state index contributed by atoms with van der Waals surface area (Å²) in [6, 6.07) is 5.72. The molecular weight excluding hydrogens is 320 g/mol. The number of benzene rings is 1. The van der Waals surface area contributed by atoms with Crippen LogP contribution in [0.5, 0.6) is 0 Å². The Labute approximate surface area is 125 Å². The molecule has 1 unspecified atom stereocenters. The monoisotopic (exact) mass is 333 g/mol. The molecule has 0 bridgehead atoms. The number of sulfonamides is 1. The summed E-state index contributed by atoms with van der Waals surface area (Å²) in [7, 11) is -4.15. The largest absolute Gasteiger partial charge is 0.388 e. The Kier molecular flexibility index (Phi) is 5.04. The fraction of sp³-hybridized carbons (Fsp3) is 0.231. The van der Waals surface area contributed by atoms with Crippen LogP contribution in [0.15, 0.2) is 40.6 Å². The molecule has 114 valence electrons. The van der Waals surface area contributed by atoms with Crippen LogP contribution in [-0.2, 0) is 10.0 Å². The zero-order valence-corrected chi connectivity index (χ0v) is 12.4. The Morgan fingerprint density at radius 3 is 2.71 bits per heavy atom. The normalized spacial score (nSPS) is 13.3. The maximum absolute atomic E-state index is 13.4. The Morgan fingerprint density at radius 1 is 1.29 bits per heavy atom. The number of hydrogen-bond donors (Lipinski definition) is 2. The summed E-state index contributed by atoms with van der Waals surface area (Å²) in [5.74, 6) is -1.86. The van der Waals surface area contributed by atoms with Crippen LogP contribution in [0, 0.1) is 11.6 Å². The fourth-order valence-electron chi connectivity index (χ4n) is 1.71. The molecular formula is C13H13F2NO3S2. The van der Waals surface area contributed by atoms with Crippen molar-refractivity contribution in [3.8, 4) is 0 Å². The lowest BCUT2D eigenvalue weighted by atomic mass is 10.2. The summed E-state index contributed by atoms with van der Waals surface area (Å²) < 4.78 is 52.4.